The molecule has 0 aliphatic carbocycles. The third-order valence-electron chi connectivity index (χ3n) is 2.49. The van der Waals surface area contributed by atoms with Crippen molar-refractivity contribution in [3.8, 4) is 5.88 Å². The second kappa shape index (κ2) is 5.63. The maximum absolute atomic E-state index is 10.9. The molecule has 0 saturated heterocycles. The van der Waals surface area contributed by atoms with Crippen molar-refractivity contribution in [2.24, 2.45) is 0 Å². The van der Waals surface area contributed by atoms with Crippen LogP contribution in [0.25, 0.3) is 0 Å². The monoisotopic (exact) mass is 255 g/mol. The van der Waals surface area contributed by atoms with Crippen LogP contribution in [0.2, 0.25) is 0 Å². The molecular formula is C11H17N3O4. The predicted octanol–water partition coefficient (Wildman–Crippen LogP) is 1.84. The van der Waals surface area contributed by atoms with E-state index in [1.807, 2.05) is 13.8 Å². The summed E-state index contributed by atoms with van der Waals surface area (Å²) in [6, 6.07) is 2.80. The molecule has 1 N–H and O–H groups in total. The number of methoxy groups -OCH3 is 2. The van der Waals surface area contributed by atoms with Gasteiger partial charge in [-0.15, -0.1) is 0 Å². The van der Waals surface area contributed by atoms with Crippen molar-refractivity contribution in [1.82, 2.24) is 4.98 Å². The number of hydrogen-bond acceptors (Lipinski definition) is 6. The molecule has 0 aromatic carbocycles. The van der Waals surface area contributed by atoms with Crippen LogP contribution in [0.15, 0.2) is 12.1 Å². The van der Waals surface area contributed by atoms with Crippen LogP contribution in [0.3, 0.4) is 0 Å². The van der Waals surface area contributed by atoms with Crippen molar-refractivity contribution >= 4 is 11.5 Å². The third-order valence-corrected chi connectivity index (χ3v) is 2.49. The predicted molar refractivity (Wildman–Crippen MR) is 67.0 cm³/mol. The minimum atomic E-state index is -0.491. The molecule has 1 aromatic heterocycles. The fourth-order valence-corrected chi connectivity index (χ4v) is 1.19. The molecule has 1 heterocycles. The molecule has 1 rings (SSSR count). The summed E-state index contributed by atoms with van der Waals surface area (Å²) in [5.74, 6) is 0.489. The van der Waals surface area contributed by atoms with E-state index < -0.39 is 10.5 Å². The minimum Gasteiger partial charge on any atom is -0.481 e. The molecule has 0 spiro atoms. The lowest BCUT2D eigenvalue weighted by atomic mass is 10.1. The van der Waals surface area contributed by atoms with Crippen molar-refractivity contribution in [3.63, 3.8) is 0 Å². The maximum atomic E-state index is 10.9. The standard InChI is InChI=1S/C11H17N3O4/c1-11(2,18-4)7-12-10-8(14(15)16)5-6-9(13-10)17-3/h5-6H,7H2,1-4H3,(H,12,13). The van der Waals surface area contributed by atoms with E-state index in [0.29, 0.717) is 12.4 Å². The molecule has 0 bridgehead atoms. The minimum absolute atomic E-state index is 0.0947. The van der Waals surface area contributed by atoms with Crippen molar-refractivity contribution in [2.45, 2.75) is 19.4 Å². The lowest BCUT2D eigenvalue weighted by molar-refractivity contribution is -0.384. The SMILES string of the molecule is COc1ccc([N+](=O)[O-])c(NCC(C)(C)OC)n1. The average Bonchev–Trinajstić information content (AvgIpc) is 2.36. The van der Waals surface area contributed by atoms with Crippen LogP contribution in [0.4, 0.5) is 11.5 Å². The van der Waals surface area contributed by atoms with Gasteiger partial charge in [0.05, 0.1) is 17.6 Å². The Labute approximate surface area is 105 Å². The van der Waals surface area contributed by atoms with Gasteiger partial charge in [-0.2, -0.15) is 4.98 Å². The van der Waals surface area contributed by atoms with E-state index in [2.05, 4.69) is 10.3 Å². The summed E-state index contributed by atoms with van der Waals surface area (Å²) in [7, 11) is 3.03. The van der Waals surface area contributed by atoms with E-state index in [9.17, 15) is 10.1 Å². The number of pyridine rings is 1. The Balaban J connectivity index is 2.94. The molecule has 0 unspecified atom stereocenters. The zero-order valence-electron chi connectivity index (χ0n) is 10.9. The van der Waals surface area contributed by atoms with Crippen LogP contribution in [-0.4, -0.2) is 36.3 Å². The van der Waals surface area contributed by atoms with Gasteiger partial charge in [0, 0.05) is 25.8 Å². The second-order valence-electron chi connectivity index (χ2n) is 4.30. The highest BCUT2D eigenvalue weighted by Gasteiger charge is 2.21. The van der Waals surface area contributed by atoms with Crippen molar-refractivity contribution in [3.05, 3.63) is 22.2 Å². The molecule has 0 amide bonds. The van der Waals surface area contributed by atoms with Crippen molar-refractivity contribution in [2.75, 3.05) is 26.1 Å². The molecule has 100 valence electrons. The van der Waals surface area contributed by atoms with Gasteiger partial charge in [0.2, 0.25) is 11.7 Å². The van der Waals surface area contributed by atoms with Gasteiger partial charge in [-0.25, -0.2) is 0 Å². The number of nitrogens with zero attached hydrogens (tertiary/aromatic N) is 2. The van der Waals surface area contributed by atoms with Gasteiger partial charge in [0.25, 0.3) is 0 Å². The molecular weight excluding hydrogens is 238 g/mol. The summed E-state index contributed by atoms with van der Waals surface area (Å²) < 4.78 is 10.2. The Morgan fingerprint density at radius 3 is 2.61 bits per heavy atom. The number of rotatable bonds is 6. The summed E-state index contributed by atoms with van der Waals surface area (Å²) >= 11 is 0. The normalized spacial score (nSPS) is 11.1. The topological polar surface area (TPSA) is 86.5 Å². The number of hydrogen-bond donors (Lipinski definition) is 1. The van der Waals surface area contributed by atoms with Crippen LogP contribution >= 0.6 is 0 Å². The molecule has 7 nitrogen and oxygen atoms in total. The smallest absolute Gasteiger partial charge is 0.311 e. The fraction of sp³-hybridized carbons (Fsp3) is 0.545. The lowest BCUT2D eigenvalue weighted by Crippen LogP contribution is -2.32. The molecule has 0 fully saturated rings. The summed E-state index contributed by atoms with van der Waals surface area (Å²) in [5.41, 5.74) is -0.541. The van der Waals surface area contributed by atoms with Gasteiger partial charge in [-0.3, -0.25) is 10.1 Å². The van der Waals surface area contributed by atoms with Gasteiger partial charge in [0.1, 0.15) is 0 Å². The molecule has 0 atom stereocenters. The largest absolute Gasteiger partial charge is 0.481 e. The summed E-state index contributed by atoms with van der Waals surface area (Å²) in [6.45, 7) is 4.13. The molecule has 1 aromatic rings. The zero-order chi connectivity index (χ0) is 13.8. The Hall–Kier alpha value is -1.89. The van der Waals surface area contributed by atoms with Crippen LogP contribution in [0, 0.1) is 10.1 Å². The molecule has 7 heteroatoms. The van der Waals surface area contributed by atoms with Crippen molar-refractivity contribution < 1.29 is 14.4 Å². The first-order valence-corrected chi connectivity index (χ1v) is 5.38. The molecule has 0 saturated carbocycles. The van der Waals surface area contributed by atoms with E-state index in [1.165, 1.54) is 19.2 Å². The van der Waals surface area contributed by atoms with E-state index in [-0.39, 0.29) is 11.5 Å². The molecule has 0 radical (unpaired) electrons. The molecule has 0 aliphatic rings. The maximum Gasteiger partial charge on any atom is 0.311 e. The Morgan fingerprint density at radius 1 is 1.44 bits per heavy atom. The first-order chi connectivity index (χ1) is 8.39. The Bertz CT molecular complexity index is 434. The van der Waals surface area contributed by atoms with Crippen LogP contribution in [0.1, 0.15) is 13.8 Å². The highest BCUT2D eigenvalue weighted by Crippen LogP contribution is 2.25. The van der Waals surface area contributed by atoms with Gasteiger partial charge >= 0.3 is 5.69 Å². The summed E-state index contributed by atoms with van der Waals surface area (Å²) in [6.07, 6.45) is 0. The van der Waals surface area contributed by atoms with Crippen LogP contribution < -0.4 is 10.1 Å². The first kappa shape index (κ1) is 14.2. The van der Waals surface area contributed by atoms with E-state index >= 15 is 0 Å². The highest BCUT2D eigenvalue weighted by atomic mass is 16.6. The van der Waals surface area contributed by atoms with Gasteiger partial charge in [0.15, 0.2) is 0 Å². The summed E-state index contributed by atoms with van der Waals surface area (Å²) in [5, 5.41) is 13.8. The van der Waals surface area contributed by atoms with E-state index in [1.54, 1.807) is 7.11 Å². The van der Waals surface area contributed by atoms with Gasteiger partial charge in [-0.05, 0) is 13.8 Å². The number of nitro groups is 1. The van der Waals surface area contributed by atoms with Gasteiger partial charge < -0.3 is 14.8 Å². The van der Waals surface area contributed by atoms with Crippen LogP contribution in [-0.2, 0) is 4.74 Å². The highest BCUT2D eigenvalue weighted by molar-refractivity contribution is 5.57. The van der Waals surface area contributed by atoms with E-state index in [4.69, 9.17) is 9.47 Å². The number of ether oxygens (including phenoxy) is 2. The molecule has 18 heavy (non-hydrogen) atoms. The number of aromatic nitrogens is 1. The Kier molecular flexibility index (Phi) is 4.43. The van der Waals surface area contributed by atoms with Crippen LogP contribution in [0.5, 0.6) is 5.88 Å². The lowest BCUT2D eigenvalue weighted by Gasteiger charge is -2.23. The number of anilines is 1. The van der Waals surface area contributed by atoms with Crippen molar-refractivity contribution in [1.29, 1.82) is 0 Å². The fourth-order valence-electron chi connectivity index (χ4n) is 1.19. The first-order valence-electron chi connectivity index (χ1n) is 5.38. The average molecular weight is 255 g/mol. The third kappa shape index (κ3) is 3.56. The second-order valence-corrected chi connectivity index (χ2v) is 4.30. The van der Waals surface area contributed by atoms with Gasteiger partial charge in [-0.1, -0.05) is 0 Å². The van der Waals surface area contributed by atoms with E-state index in [0.717, 1.165) is 0 Å². The quantitative estimate of drug-likeness (QED) is 0.616. The summed E-state index contributed by atoms with van der Waals surface area (Å²) in [4.78, 5) is 14.4. The number of nitrogens with one attached hydrogen (secondary N) is 1. The Morgan fingerprint density at radius 2 is 2.11 bits per heavy atom. The molecule has 0 aliphatic heterocycles. The zero-order valence-corrected chi connectivity index (χ0v) is 10.9.